The van der Waals surface area contributed by atoms with Crippen molar-refractivity contribution in [3.63, 3.8) is 0 Å². The first kappa shape index (κ1) is 31.3. The molecule has 5 rings (SSSR count). The Hall–Kier alpha value is -4.18. The van der Waals surface area contributed by atoms with Crippen LogP contribution in [0.15, 0.2) is 89.4 Å². The van der Waals surface area contributed by atoms with E-state index in [0.29, 0.717) is 50.8 Å². The van der Waals surface area contributed by atoms with Crippen LogP contribution < -0.4 is 18.9 Å². The van der Waals surface area contributed by atoms with Crippen LogP contribution in [-0.4, -0.2) is 37.7 Å². The summed E-state index contributed by atoms with van der Waals surface area (Å²) in [5, 5.41) is 0. The van der Waals surface area contributed by atoms with Gasteiger partial charge in [-0.2, -0.15) is 13.2 Å². The fraction of sp³-hybridized carbons (Fsp3) is 0.265. The van der Waals surface area contributed by atoms with Crippen molar-refractivity contribution in [2.75, 3.05) is 20.8 Å². The van der Waals surface area contributed by atoms with E-state index in [-0.39, 0.29) is 26.0 Å². The molecule has 0 fully saturated rings. The maximum absolute atomic E-state index is 13.9. The first-order valence-electron chi connectivity index (χ1n) is 14.0. The normalized spacial score (nSPS) is 14.5. The lowest BCUT2D eigenvalue weighted by Gasteiger charge is -2.39. The summed E-state index contributed by atoms with van der Waals surface area (Å²) in [5.74, 6) is -0.333. The highest BCUT2D eigenvalue weighted by atomic mass is 79.9. The summed E-state index contributed by atoms with van der Waals surface area (Å²) < 4.78 is 65.9. The quantitative estimate of drug-likeness (QED) is 0.172. The molecule has 44 heavy (non-hydrogen) atoms. The van der Waals surface area contributed by atoms with Crippen LogP contribution in [-0.2, 0) is 30.8 Å². The molecule has 1 amide bonds. The van der Waals surface area contributed by atoms with Gasteiger partial charge in [-0.1, -0.05) is 76.6 Å². The molecule has 0 aliphatic carbocycles. The van der Waals surface area contributed by atoms with Gasteiger partial charge in [0.1, 0.15) is 19.0 Å². The lowest BCUT2D eigenvalue weighted by molar-refractivity contribution is -0.188. The van der Waals surface area contributed by atoms with E-state index >= 15 is 0 Å². The van der Waals surface area contributed by atoms with E-state index < -0.39 is 18.1 Å². The molecule has 1 heterocycles. The maximum Gasteiger partial charge on any atom is 0.471 e. The number of carbonyl (C=O) groups is 1. The highest BCUT2D eigenvalue weighted by molar-refractivity contribution is 9.10. The Bertz CT molecular complexity index is 1600. The number of fused-ring (bicyclic) bond motifs is 1. The van der Waals surface area contributed by atoms with E-state index in [1.807, 2.05) is 60.7 Å². The fourth-order valence-corrected chi connectivity index (χ4v) is 5.82. The van der Waals surface area contributed by atoms with E-state index in [0.717, 1.165) is 16.0 Å². The SMILES string of the molecule is COc1c(OCc2ccccc2)cc2c(c1OC)CCN(C(=O)C(F)(F)F)C2Cc1cc(OCc2ccccc2)ccc1Br. The molecule has 0 aromatic heterocycles. The van der Waals surface area contributed by atoms with Crippen molar-refractivity contribution in [1.29, 1.82) is 0 Å². The predicted molar refractivity (Wildman–Crippen MR) is 163 cm³/mol. The largest absolute Gasteiger partial charge is 0.492 e. The Morgan fingerprint density at radius 3 is 2.07 bits per heavy atom. The number of halogens is 4. The number of benzene rings is 4. The van der Waals surface area contributed by atoms with Gasteiger partial charge in [0.25, 0.3) is 0 Å². The summed E-state index contributed by atoms with van der Waals surface area (Å²) in [7, 11) is 2.96. The molecule has 6 nitrogen and oxygen atoms in total. The smallest absolute Gasteiger partial charge is 0.471 e. The van der Waals surface area contributed by atoms with Gasteiger partial charge in [0.2, 0.25) is 5.75 Å². The van der Waals surface area contributed by atoms with Gasteiger partial charge in [-0.25, -0.2) is 0 Å². The zero-order valence-corrected chi connectivity index (χ0v) is 25.8. The van der Waals surface area contributed by atoms with Crippen molar-refractivity contribution in [1.82, 2.24) is 4.90 Å². The number of carbonyl (C=O) groups excluding carboxylic acids is 1. The summed E-state index contributed by atoms with van der Waals surface area (Å²) >= 11 is 3.56. The molecule has 4 aromatic rings. The Balaban J connectivity index is 1.54. The molecule has 10 heteroatoms. The Kier molecular flexibility index (Phi) is 9.68. The standard InChI is InChI=1S/C34H31BrF3NO5/c1-41-31-26-15-16-39(33(40)34(36,37)38)29(27(26)19-30(32(31)42-2)44-21-23-11-7-4-8-12-23)18-24-17-25(13-14-28(24)35)43-20-22-9-5-3-6-10-22/h3-14,17,19,29H,15-16,18,20-21H2,1-2H3. The van der Waals surface area contributed by atoms with Crippen molar-refractivity contribution in [2.24, 2.45) is 0 Å². The van der Waals surface area contributed by atoms with Crippen molar-refractivity contribution < 1.29 is 36.9 Å². The summed E-state index contributed by atoms with van der Waals surface area (Å²) in [6, 6.07) is 25.1. The second kappa shape index (κ2) is 13.6. The van der Waals surface area contributed by atoms with Gasteiger partial charge in [0, 0.05) is 16.6 Å². The molecule has 0 saturated carbocycles. The van der Waals surface area contributed by atoms with E-state index in [1.165, 1.54) is 14.2 Å². The first-order valence-corrected chi connectivity index (χ1v) is 14.8. The summed E-state index contributed by atoms with van der Waals surface area (Å²) in [5.41, 5.74) is 3.71. The minimum atomic E-state index is -5.04. The highest BCUT2D eigenvalue weighted by Crippen LogP contribution is 2.48. The molecule has 0 radical (unpaired) electrons. The maximum atomic E-state index is 13.9. The zero-order valence-electron chi connectivity index (χ0n) is 24.2. The van der Waals surface area contributed by atoms with E-state index in [4.69, 9.17) is 18.9 Å². The van der Waals surface area contributed by atoms with Crippen LogP contribution in [0.4, 0.5) is 13.2 Å². The van der Waals surface area contributed by atoms with Crippen molar-refractivity contribution >= 4 is 21.8 Å². The number of amides is 1. The minimum absolute atomic E-state index is 0.0749. The average Bonchev–Trinajstić information content (AvgIpc) is 3.03. The molecule has 0 saturated heterocycles. The number of ether oxygens (including phenoxy) is 4. The fourth-order valence-electron chi connectivity index (χ4n) is 5.41. The van der Waals surface area contributed by atoms with Crippen molar-refractivity contribution in [3.05, 3.63) is 117 Å². The van der Waals surface area contributed by atoms with Crippen LogP contribution in [0, 0.1) is 0 Å². The van der Waals surface area contributed by atoms with Crippen LogP contribution in [0.2, 0.25) is 0 Å². The lowest BCUT2D eigenvalue weighted by atomic mass is 9.87. The summed E-state index contributed by atoms with van der Waals surface area (Å²) in [6.07, 6.45) is -4.82. The lowest BCUT2D eigenvalue weighted by Crippen LogP contribution is -2.47. The first-order chi connectivity index (χ1) is 21.2. The Morgan fingerprint density at radius 1 is 0.864 bits per heavy atom. The van der Waals surface area contributed by atoms with Gasteiger partial charge >= 0.3 is 12.1 Å². The van der Waals surface area contributed by atoms with Crippen LogP contribution in [0.5, 0.6) is 23.0 Å². The molecule has 4 aromatic carbocycles. The van der Waals surface area contributed by atoms with Crippen LogP contribution in [0.25, 0.3) is 0 Å². The molecule has 1 aliphatic rings. The van der Waals surface area contributed by atoms with Gasteiger partial charge in [-0.15, -0.1) is 0 Å². The number of hydrogen-bond donors (Lipinski definition) is 0. The molecular weight excluding hydrogens is 639 g/mol. The number of methoxy groups -OCH3 is 2. The number of alkyl halides is 3. The highest BCUT2D eigenvalue weighted by Gasteiger charge is 2.47. The Morgan fingerprint density at radius 2 is 1.48 bits per heavy atom. The second-order valence-corrected chi connectivity index (χ2v) is 11.1. The van der Waals surface area contributed by atoms with Crippen LogP contribution >= 0.6 is 15.9 Å². The third-order valence-corrected chi connectivity index (χ3v) is 8.28. The molecule has 230 valence electrons. The molecular formula is C34H31BrF3NO5. The number of rotatable bonds is 10. The topological polar surface area (TPSA) is 57.2 Å². The van der Waals surface area contributed by atoms with E-state index in [1.54, 1.807) is 24.3 Å². The minimum Gasteiger partial charge on any atom is -0.492 e. The number of nitrogens with zero attached hydrogens (tertiary/aromatic N) is 1. The van der Waals surface area contributed by atoms with E-state index in [9.17, 15) is 18.0 Å². The van der Waals surface area contributed by atoms with Crippen LogP contribution in [0.3, 0.4) is 0 Å². The van der Waals surface area contributed by atoms with Crippen molar-refractivity contribution in [2.45, 2.75) is 38.3 Å². The third-order valence-electron chi connectivity index (χ3n) is 7.50. The van der Waals surface area contributed by atoms with Gasteiger partial charge in [0.15, 0.2) is 11.5 Å². The van der Waals surface area contributed by atoms with Gasteiger partial charge in [0.05, 0.1) is 20.3 Å². The van der Waals surface area contributed by atoms with Gasteiger partial charge < -0.3 is 23.8 Å². The molecule has 1 aliphatic heterocycles. The second-order valence-electron chi connectivity index (χ2n) is 10.3. The van der Waals surface area contributed by atoms with Crippen LogP contribution in [0.1, 0.15) is 33.9 Å². The molecule has 0 spiro atoms. The van der Waals surface area contributed by atoms with Crippen molar-refractivity contribution in [3.8, 4) is 23.0 Å². The monoisotopic (exact) mass is 669 g/mol. The molecule has 1 unspecified atom stereocenters. The van der Waals surface area contributed by atoms with Gasteiger partial charge in [-0.3, -0.25) is 4.79 Å². The Labute approximate surface area is 262 Å². The van der Waals surface area contributed by atoms with Gasteiger partial charge in [-0.05, 0) is 59.4 Å². The third kappa shape index (κ3) is 6.96. The zero-order chi connectivity index (χ0) is 31.3. The summed E-state index contributed by atoms with van der Waals surface area (Å²) in [4.78, 5) is 13.7. The number of hydrogen-bond acceptors (Lipinski definition) is 5. The molecule has 0 N–H and O–H groups in total. The predicted octanol–water partition coefficient (Wildman–Crippen LogP) is 7.86. The van der Waals surface area contributed by atoms with E-state index in [2.05, 4.69) is 15.9 Å². The molecule has 0 bridgehead atoms. The molecule has 1 atom stereocenters. The summed E-state index contributed by atoms with van der Waals surface area (Å²) in [6.45, 7) is 0.370. The average molecular weight is 671 g/mol.